The molecule has 1 aliphatic heterocycles. The van der Waals surface area contributed by atoms with Crippen LogP contribution < -0.4 is 4.90 Å². The van der Waals surface area contributed by atoms with Crippen LogP contribution in [0.4, 0.5) is 17.2 Å². The number of nitrogens with zero attached hydrogens (tertiary/aromatic N) is 4. The predicted octanol–water partition coefficient (Wildman–Crippen LogP) is 7.09. The number of hydrogen-bond acceptors (Lipinski definition) is 5. The summed E-state index contributed by atoms with van der Waals surface area (Å²) >= 11 is 4.59. The zero-order chi connectivity index (χ0) is 22.6. The fourth-order valence-electron chi connectivity index (χ4n) is 4.77. The summed E-state index contributed by atoms with van der Waals surface area (Å²) in [5.74, 6) is 0.890. The van der Waals surface area contributed by atoms with Gasteiger partial charge in [-0.25, -0.2) is 9.97 Å². The maximum atomic E-state index is 4.90. The third kappa shape index (κ3) is 3.11. The minimum Gasteiger partial charge on any atom is -0.294 e. The molecule has 0 fully saturated rings. The van der Waals surface area contributed by atoms with E-state index in [2.05, 4.69) is 84.9 Å². The molecule has 0 spiro atoms. The van der Waals surface area contributed by atoms with Crippen molar-refractivity contribution in [1.82, 2.24) is 15.0 Å². The number of aromatic nitrogens is 3. The molecule has 0 unspecified atom stereocenters. The number of thiol groups is 1. The highest BCUT2D eigenvalue weighted by Gasteiger charge is 2.37. The van der Waals surface area contributed by atoms with Crippen LogP contribution in [0.25, 0.3) is 22.3 Å². The highest BCUT2D eigenvalue weighted by atomic mass is 32.1. The lowest BCUT2D eigenvalue weighted by molar-refractivity contribution is 0.631. The molecule has 5 aromatic rings. The van der Waals surface area contributed by atoms with E-state index in [4.69, 9.17) is 9.97 Å². The van der Waals surface area contributed by atoms with Gasteiger partial charge in [0.25, 0.3) is 0 Å². The lowest BCUT2D eigenvalue weighted by Gasteiger charge is -2.41. The number of benzene rings is 3. The first kappa shape index (κ1) is 19.9. The highest BCUT2D eigenvalue weighted by molar-refractivity contribution is 7.80. The Morgan fingerprint density at radius 3 is 2.45 bits per heavy atom. The zero-order valence-corrected chi connectivity index (χ0v) is 19.3. The summed E-state index contributed by atoms with van der Waals surface area (Å²) in [7, 11) is 0. The second-order valence-electron chi connectivity index (χ2n) is 8.80. The number of fused-ring (bicyclic) bond motifs is 3. The Balaban J connectivity index is 1.59. The van der Waals surface area contributed by atoms with Crippen LogP contribution in [-0.4, -0.2) is 15.0 Å². The average Bonchev–Trinajstić information content (AvgIpc) is 2.85. The van der Waals surface area contributed by atoms with Gasteiger partial charge in [0, 0.05) is 22.1 Å². The first-order valence-electron chi connectivity index (χ1n) is 10.9. The number of para-hydroxylation sites is 2. The monoisotopic (exact) mass is 446 g/mol. The summed E-state index contributed by atoms with van der Waals surface area (Å²) in [6.07, 6.45) is 3.68. The van der Waals surface area contributed by atoms with Crippen molar-refractivity contribution in [3.05, 3.63) is 102 Å². The van der Waals surface area contributed by atoms with E-state index in [1.54, 1.807) is 0 Å². The molecule has 6 rings (SSSR count). The fraction of sp³-hybridized carbons (Fsp3) is 0.107. The maximum absolute atomic E-state index is 4.90. The molecule has 1 aliphatic rings. The zero-order valence-electron chi connectivity index (χ0n) is 18.4. The maximum Gasteiger partial charge on any atom is 0.137 e. The molecule has 0 atom stereocenters. The van der Waals surface area contributed by atoms with Crippen molar-refractivity contribution in [1.29, 1.82) is 0 Å². The molecule has 0 N–H and O–H groups in total. The number of hydrogen-bond donors (Lipinski definition) is 1. The molecular formula is C28H22N4S. The molecule has 0 radical (unpaired) electrons. The van der Waals surface area contributed by atoms with E-state index in [1.165, 1.54) is 11.1 Å². The second-order valence-corrected chi connectivity index (χ2v) is 9.28. The van der Waals surface area contributed by atoms with Gasteiger partial charge in [-0.1, -0.05) is 56.3 Å². The SMILES string of the molecule is CC1(C)c2ccccc2N(c2ccccn2)c2cc(-c3cnc4cccc(S)c4n3)ccc21. The van der Waals surface area contributed by atoms with Crippen LogP contribution in [0, 0.1) is 0 Å². The van der Waals surface area contributed by atoms with E-state index < -0.39 is 0 Å². The Morgan fingerprint density at radius 2 is 1.61 bits per heavy atom. The van der Waals surface area contributed by atoms with Crippen LogP contribution in [-0.2, 0) is 5.41 Å². The minimum atomic E-state index is -0.150. The van der Waals surface area contributed by atoms with E-state index >= 15 is 0 Å². The largest absolute Gasteiger partial charge is 0.294 e. The summed E-state index contributed by atoms with van der Waals surface area (Å²) in [4.78, 5) is 17.3. The summed E-state index contributed by atoms with van der Waals surface area (Å²) in [6.45, 7) is 4.56. The quantitative estimate of drug-likeness (QED) is 0.294. The van der Waals surface area contributed by atoms with E-state index in [0.717, 1.165) is 44.4 Å². The predicted molar refractivity (Wildman–Crippen MR) is 137 cm³/mol. The van der Waals surface area contributed by atoms with Gasteiger partial charge in [0.15, 0.2) is 0 Å². The average molecular weight is 447 g/mol. The number of pyridine rings is 1. The van der Waals surface area contributed by atoms with Crippen LogP contribution in [0.1, 0.15) is 25.0 Å². The van der Waals surface area contributed by atoms with Gasteiger partial charge in [0.05, 0.1) is 28.8 Å². The van der Waals surface area contributed by atoms with Crippen molar-refractivity contribution in [3.63, 3.8) is 0 Å². The molecule has 0 amide bonds. The van der Waals surface area contributed by atoms with Crippen molar-refractivity contribution in [2.75, 3.05) is 4.90 Å². The molecule has 3 heterocycles. The molecule has 0 saturated carbocycles. The van der Waals surface area contributed by atoms with Gasteiger partial charge in [-0.15, -0.1) is 12.6 Å². The van der Waals surface area contributed by atoms with E-state index in [9.17, 15) is 0 Å². The highest BCUT2D eigenvalue weighted by Crippen LogP contribution is 2.52. The van der Waals surface area contributed by atoms with Crippen molar-refractivity contribution < 1.29 is 0 Å². The van der Waals surface area contributed by atoms with Crippen molar-refractivity contribution in [3.8, 4) is 11.3 Å². The topological polar surface area (TPSA) is 41.9 Å². The molecule has 2 aromatic heterocycles. The molecule has 33 heavy (non-hydrogen) atoms. The number of anilines is 3. The molecule has 4 nitrogen and oxygen atoms in total. The van der Waals surface area contributed by atoms with Crippen LogP contribution in [0.3, 0.4) is 0 Å². The molecule has 0 bridgehead atoms. The van der Waals surface area contributed by atoms with Crippen molar-refractivity contribution in [2.45, 2.75) is 24.2 Å². The Hall–Kier alpha value is -3.70. The first-order valence-corrected chi connectivity index (χ1v) is 11.4. The van der Waals surface area contributed by atoms with Gasteiger partial charge >= 0.3 is 0 Å². The second kappa shape index (κ2) is 7.42. The summed E-state index contributed by atoms with van der Waals surface area (Å²) in [6, 6.07) is 27.0. The van der Waals surface area contributed by atoms with E-state index in [0.29, 0.717) is 0 Å². The normalized spacial score (nSPS) is 14.1. The molecule has 5 heteroatoms. The van der Waals surface area contributed by atoms with Crippen molar-refractivity contribution in [2.24, 2.45) is 0 Å². The van der Waals surface area contributed by atoms with Gasteiger partial charge in [0.1, 0.15) is 11.3 Å². The lowest BCUT2D eigenvalue weighted by atomic mass is 9.73. The Bertz CT molecular complexity index is 1510. The van der Waals surface area contributed by atoms with Crippen LogP contribution in [0.5, 0.6) is 0 Å². The standard InChI is InChI=1S/C28H22N4S/c1-28(2)19-8-3-4-10-23(19)32(26-12-5-6-15-29-26)24-16-18(13-14-20(24)28)22-17-30-21-9-7-11-25(33)27(21)31-22/h3-17,33H,1-2H3. The lowest BCUT2D eigenvalue weighted by Crippen LogP contribution is -2.30. The van der Waals surface area contributed by atoms with Gasteiger partial charge in [-0.05, 0) is 47.5 Å². The van der Waals surface area contributed by atoms with Gasteiger partial charge < -0.3 is 0 Å². The minimum absolute atomic E-state index is 0.150. The number of rotatable bonds is 2. The third-order valence-electron chi connectivity index (χ3n) is 6.46. The Kier molecular flexibility index (Phi) is 4.49. The Morgan fingerprint density at radius 1 is 0.788 bits per heavy atom. The molecule has 160 valence electrons. The molecule has 0 saturated heterocycles. The molecular weight excluding hydrogens is 424 g/mol. The van der Waals surface area contributed by atoms with Gasteiger partial charge in [-0.2, -0.15) is 0 Å². The molecule has 3 aromatic carbocycles. The Labute approximate surface area is 198 Å². The third-order valence-corrected chi connectivity index (χ3v) is 6.82. The van der Waals surface area contributed by atoms with Crippen LogP contribution >= 0.6 is 12.6 Å². The van der Waals surface area contributed by atoms with Gasteiger partial charge in [0.2, 0.25) is 0 Å². The van der Waals surface area contributed by atoms with Crippen LogP contribution in [0.2, 0.25) is 0 Å². The first-order chi connectivity index (χ1) is 16.0. The van der Waals surface area contributed by atoms with Crippen LogP contribution in [0.15, 0.2) is 96.2 Å². The summed E-state index contributed by atoms with van der Waals surface area (Å²) < 4.78 is 0. The van der Waals surface area contributed by atoms with Gasteiger partial charge in [-0.3, -0.25) is 9.88 Å². The fourth-order valence-corrected chi connectivity index (χ4v) is 5.02. The van der Waals surface area contributed by atoms with Crippen molar-refractivity contribution >= 4 is 40.9 Å². The van der Waals surface area contributed by atoms with E-state index in [-0.39, 0.29) is 5.41 Å². The molecule has 0 aliphatic carbocycles. The summed E-state index contributed by atoms with van der Waals surface area (Å²) in [5, 5.41) is 0. The van der Waals surface area contributed by atoms with E-state index in [1.807, 2.05) is 42.7 Å². The summed E-state index contributed by atoms with van der Waals surface area (Å²) in [5.41, 5.74) is 8.12. The smallest absolute Gasteiger partial charge is 0.137 e.